The molecule has 0 radical (unpaired) electrons. The first-order chi connectivity index (χ1) is 20.5. The highest BCUT2D eigenvalue weighted by Crippen LogP contribution is 2.36. The lowest BCUT2D eigenvalue weighted by atomic mass is 10.1. The van der Waals surface area contributed by atoms with E-state index >= 15 is 0 Å². The molecule has 0 spiro atoms. The maximum Gasteiger partial charge on any atom is 0.416 e. The number of rotatable bonds is 12. The first-order valence-corrected chi connectivity index (χ1v) is 16.0. The van der Waals surface area contributed by atoms with Crippen molar-refractivity contribution in [3.05, 3.63) is 120 Å². The highest BCUT2D eigenvalue weighted by molar-refractivity contribution is 6.99. The van der Waals surface area contributed by atoms with E-state index in [1.807, 2.05) is 36.4 Å². The van der Waals surface area contributed by atoms with Gasteiger partial charge in [-0.15, -0.1) is 0 Å². The van der Waals surface area contributed by atoms with E-state index in [4.69, 9.17) is 13.9 Å². The minimum Gasteiger partial charge on any atom is -0.460 e. The van der Waals surface area contributed by atoms with E-state index in [9.17, 15) is 18.0 Å². The smallest absolute Gasteiger partial charge is 0.416 e. The van der Waals surface area contributed by atoms with Gasteiger partial charge < -0.3 is 19.2 Å². The van der Waals surface area contributed by atoms with Crippen LogP contribution in [-0.2, 0) is 20.1 Å². The Kier molecular flexibility index (Phi) is 10.4. The van der Waals surface area contributed by atoms with Crippen molar-refractivity contribution in [2.75, 3.05) is 31.7 Å². The molecular formula is C34H36F3NO4Si. The summed E-state index contributed by atoms with van der Waals surface area (Å²) in [6, 6.07) is 31.9. The fraction of sp³-hybridized carbons (Fsp3) is 0.265. The number of para-hydroxylation sites is 1. The minimum absolute atomic E-state index is 0.00986. The second-order valence-corrected chi connectivity index (χ2v) is 15.3. The number of carbonyl (C=O) groups is 1. The summed E-state index contributed by atoms with van der Waals surface area (Å²) in [6.07, 6.45) is -4.47. The third-order valence-corrected chi connectivity index (χ3v) is 12.1. The number of alkyl halides is 3. The van der Waals surface area contributed by atoms with Crippen molar-refractivity contribution >= 4 is 36.0 Å². The van der Waals surface area contributed by atoms with Crippen molar-refractivity contribution < 1.29 is 31.9 Å². The summed E-state index contributed by atoms with van der Waals surface area (Å²) in [5.74, 6) is -0.609. The van der Waals surface area contributed by atoms with Crippen LogP contribution in [0.3, 0.4) is 0 Å². The first kappa shape index (κ1) is 32.0. The lowest BCUT2D eigenvalue weighted by molar-refractivity contribution is -0.137. The Morgan fingerprint density at radius 2 is 1.30 bits per heavy atom. The summed E-state index contributed by atoms with van der Waals surface area (Å²) in [4.78, 5) is 12.8. The van der Waals surface area contributed by atoms with Crippen molar-refractivity contribution in [1.29, 1.82) is 0 Å². The SMILES string of the molecule is CC(C)(C)[Si](OCCOCCOC(=O)c1ccccc1Nc1cccc(C(F)(F)F)c1)(c1ccccc1)c1ccccc1. The monoisotopic (exact) mass is 607 g/mol. The number of nitrogens with one attached hydrogen (secondary N) is 1. The number of carbonyl (C=O) groups excluding carboxylic acids is 1. The Bertz CT molecular complexity index is 1430. The molecule has 0 saturated carbocycles. The van der Waals surface area contributed by atoms with Crippen LogP contribution in [0.2, 0.25) is 5.04 Å². The van der Waals surface area contributed by atoms with Crippen molar-refractivity contribution in [1.82, 2.24) is 0 Å². The average Bonchev–Trinajstić information content (AvgIpc) is 2.99. The number of hydrogen-bond acceptors (Lipinski definition) is 5. The topological polar surface area (TPSA) is 56.8 Å². The van der Waals surface area contributed by atoms with Crippen LogP contribution in [0.1, 0.15) is 36.7 Å². The molecule has 5 nitrogen and oxygen atoms in total. The maximum atomic E-state index is 13.1. The van der Waals surface area contributed by atoms with E-state index < -0.39 is 26.0 Å². The van der Waals surface area contributed by atoms with Crippen LogP contribution in [0.5, 0.6) is 0 Å². The van der Waals surface area contributed by atoms with E-state index in [0.717, 1.165) is 12.1 Å². The van der Waals surface area contributed by atoms with Crippen LogP contribution >= 0.6 is 0 Å². The maximum absolute atomic E-state index is 13.1. The molecule has 226 valence electrons. The average molecular weight is 608 g/mol. The van der Waals surface area contributed by atoms with Crippen molar-refractivity contribution in [3.8, 4) is 0 Å². The van der Waals surface area contributed by atoms with Crippen LogP contribution in [0, 0.1) is 0 Å². The lowest BCUT2D eigenvalue weighted by Crippen LogP contribution is -2.66. The highest BCUT2D eigenvalue weighted by atomic mass is 28.4. The number of benzene rings is 4. The van der Waals surface area contributed by atoms with Gasteiger partial charge in [-0.25, -0.2) is 4.79 Å². The van der Waals surface area contributed by atoms with Crippen LogP contribution in [0.15, 0.2) is 109 Å². The normalized spacial score (nSPS) is 12.1. The summed E-state index contributed by atoms with van der Waals surface area (Å²) in [5.41, 5.74) is -0.0331. The largest absolute Gasteiger partial charge is 0.460 e. The van der Waals surface area contributed by atoms with Crippen molar-refractivity contribution in [2.45, 2.75) is 32.0 Å². The summed E-state index contributed by atoms with van der Waals surface area (Å²) in [7, 11) is -2.67. The summed E-state index contributed by atoms with van der Waals surface area (Å²) in [5, 5.41) is 5.10. The van der Waals surface area contributed by atoms with Gasteiger partial charge >= 0.3 is 12.1 Å². The van der Waals surface area contributed by atoms with E-state index in [-0.39, 0.29) is 29.5 Å². The van der Waals surface area contributed by atoms with Gasteiger partial charge in [-0.3, -0.25) is 0 Å². The van der Waals surface area contributed by atoms with Gasteiger partial charge in [0.2, 0.25) is 0 Å². The van der Waals surface area contributed by atoms with Gasteiger partial charge in [0.15, 0.2) is 0 Å². The van der Waals surface area contributed by atoms with Gasteiger partial charge in [0.25, 0.3) is 8.32 Å². The molecule has 0 amide bonds. The first-order valence-electron chi connectivity index (χ1n) is 14.1. The molecule has 43 heavy (non-hydrogen) atoms. The van der Waals surface area contributed by atoms with Crippen molar-refractivity contribution in [3.63, 3.8) is 0 Å². The molecule has 0 unspecified atom stereocenters. The molecule has 4 aromatic rings. The minimum atomic E-state index is -4.47. The highest BCUT2D eigenvalue weighted by Gasteiger charge is 2.50. The van der Waals surface area contributed by atoms with Gasteiger partial charge in [-0.2, -0.15) is 13.2 Å². The molecule has 4 aromatic carbocycles. The number of halogens is 3. The number of hydrogen-bond donors (Lipinski definition) is 1. The summed E-state index contributed by atoms with van der Waals surface area (Å²) >= 11 is 0. The Labute approximate surface area is 251 Å². The molecule has 4 rings (SSSR count). The van der Waals surface area contributed by atoms with Crippen molar-refractivity contribution in [2.24, 2.45) is 0 Å². The fourth-order valence-corrected chi connectivity index (χ4v) is 9.63. The Morgan fingerprint density at radius 3 is 1.91 bits per heavy atom. The Morgan fingerprint density at radius 1 is 0.721 bits per heavy atom. The van der Waals surface area contributed by atoms with E-state index in [1.165, 1.54) is 22.5 Å². The predicted molar refractivity (Wildman–Crippen MR) is 166 cm³/mol. The van der Waals surface area contributed by atoms with Gasteiger partial charge in [-0.05, 0) is 45.7 Å². The zero-order valence-corrected chi connectivity index (χ0v) is 25.5. The van der Waals surface area contributed by atoms with Crippen LogP contribution in [0.25, 0.3) is 0 Å². The standard InChI is InChI=1S/C34H36F3NO4Si/c1-33(2,3)43(28-15-6-4-7-16-28,29-17-8-5-9-18-29)42-24-22-40-21-23-41-32(39)30-19-10-11-20-31(30)38-27-14-12-13-26(25-27)34(35,36)37/h4-20,25,38H,21-24H2,1-3H3. The molecule has 0 fully saturated rings. The van der Waals surface area contributed by atoms with E-state index in [1.54, 1.807) is 24.3 Å². The molecule has 0 aromatic heterocycles. The zero-order chi connectivity index (χ0) is 30.9. The lowest BCUT2D eigenvalue weighted by Gasteiger charge is -2.43. The molecule has 0 heterocycles. The molecule has 9 heteroatoms. The van der Waals surface area contributed by atoms with E-state index in [2.05, 4.69) is 50.4 Å². The fourth-order valence-electron chi connectivity index (χ4n) is 5.09. The van der Waals surface area contributed by atoms with Gasteiger partial charge in [0.1, 0.15) is 6.61 Å². The van der Waals surface area contributed by atoms with Gasteiger partial charge in [0.05, 0.1) is 36.6 Å². The molecular weight excluding hydrogens is 571 g/mol. The van der Waals surface area contributed by atoms with Crippen LogP contribution in [-0.4, -0.2) is 40.7 Å². The third-order valence-electron chi connectivity index (χ3n) is 7.04. The molecule has 0 saturated heterocycles. The third kappa shape index (κ3) is 7.93. The quantitative estimate of drug-likeness (QED) is 0.105. The molecule has 0 atom stereocenters. The van der Waals surface area contributed by atoms with Gasteiger partial charge in [0, 0.05) is 5.69 Å². The van der Waals surface area contributed by atoms with Crippen LogP contribution < -0.4 is 15.7 Å². The van der Waals surface area contributed by atoms with E-state index in [0.29, 0.717) is 18.9 Å². The zero-order valence-electron chi connectivity index (χ0n) is 24.5. The predicted octanol–water partition coefficient (Wildman–Crippen LogP) is 7.20. The second kappa shape index (κ2) is 14.0. The molecule has 1 N–H and O–H groups in total. The Balaban J connectivity index is 1.33. The number of anilines is 2. The molecule has 0 aliphatic rings. The number of ether oxygens (including phenoxy) is 2. The van der Waals surface area contributed by atoms with Crippen LogP contribution in [0.4, 0.5) is 24.5 Å². The summed E-state index contributed by atoms with van der Waals surface area (Å²) < 4.78 is 57.3. The van der Waals surface area contributed by atoms with Gasteiger partial charge in [-0.1, -0.05) is 99.6 Å². The Hall–Kier alpha value is -3.92. The molecule has 0 bridgehead atoms. The second-order valence-electron chi connectivity index (χ2n) is 11.0. The summed E-state index contributed by atoms with van der Waals surface area (Å²) in [6.45, 7) is 7.48. The molecule has 0 aliphatic carbocycles. The number of esters is 1. The molecule has 0 aliphatic heterocycles.